The van der Waals surface area contributed by atoms with Crippen LogP contribution in [-0.4, -0.2) is 21.3 Å². The predicted molar refractivity (Wildman–Crippen MR) is 49.0 cm³/mol. The molecule has 5 heteroatoms. The highest BCUT2D eigenvalue weighted by atomic mass is 35.5. The minimum absolute atomic E-state index is 0.256. The number of aromatic nitrogens is 2. The Balaban J connectivity index is 3.10. The summed E-state index contributed by atoms with van der Waals surface area (Å²) in [5.41, 5.74) is 1.39. The maximum atomic E-state index is 10.7. The molecule has 0 saturated heterocycles. The zero-order valence-electron chi connectivity index (χ0n) is 7.47. The Hall–Kier alpha value is -1.03. The molecule has 0 saturated carbocycles. The third-order valence-electron chi connectivity index (χ3n) is 1.99. The average molecular weight is 203 g/mol. The molecular weight excluding hydrogens is 192 g/mol. The van der Waals surface area contributed by atoms with Crippen molar-refractivity contribution in [3.63, 3.8) is 0 Å². The molecule has 1 aromatic heterocycles. The van der Waals surface area contributed by atoms with E-state index in [0.29, 0.717) is 12.0 Å². The molecule has 13 heavy (non-hydrogen) atoms. The fraction of sp³-hybridized carbons (Fsp3) is 0.500. The topological polar surface area (TPSA) is 66.0 Å². The lowest BCUT2D eigenvalue weighted by Gasteiger charge is -2.05. The number of carboxylic acid groups (broad SMARTS) is 1. The van der Waals surface area contributed by atoms with Crippen LogP contribution in [0.4, 0.5) is 0 Å². The molecule has 1 rings (SSSR count). The summed E-state index contributed by atoms with van der Waals surface area (Å²) in [6, 6.07) is 0. The summed E-state index contributed by atoms with van der Waals surface area (Å²) < 4.78 is 0. The lowest BCUT2D eigenvalue weighted by molar-refractivity contribution is -0.138. The first-order chi connectivity index (χ1) is 6.07. The summed E-state index contributed by atoms with van der Waals surface area (Å²) in [6.45, 7) is 3.51. The molecular formula is C8H11ClN2O2. The number of hydrogen-bond acceptors (Lipinski definition) is 2. The number of aliphatic carboxylic acids is 1. The molecule has 1 unspecified atom stereocenters. The molecule has 0 aromatic carbocycles. The van der Waals surface area contributed by atoms with Crippen molar-refractivity contribution in [2.75, 3.05) is 0 Å². The van der Waals surface area contributed by atoms with Gasteiger partial charge in [-0.05, 0) is 13.3 Å². The van der Waals surface area contributed by atoms with E-state index in [0.717, 1.165) is 5.69 Å². The Bertz CT molecular complexity index is 322. The van der Waals surface area contributed by atoms with Gasteiger partial charge in [0.25, 0.3) is 0 Å². The summed E-state index contributed by atoms with van der Waals surface area (Å²) in [6.07, 6.45) is 0.701. The number of aryl methyl sites for hydroxylation is 1. The molecule has 0 aliphatic heterocycles. The summed E-state index contributed by atoms with van der Waals surface area (Å²) >= 11 is 5.76. The quantitative estimate of drug-likeness (QED) is 0.786. The molecule has 1 atom stereocenters. The van der Waals surface area contributed by atoms with E-state index in [2.05, 4.69) is 10.2 Å². The van der Waals surface area contributed by atoms with Crippen molar-refractivity contribution in [3.05, 3.63) is 16.4 Å². The predicted octanol–water partition coefficient (Wildman–Crippen LogP) is 1.81. The molecule has 0 bridgehead atoms. The van der Waals surface area contributed by atoms with E-state index < -0.39 is 11.9 Å². The van der Waals surface area contributed by atoms with Crippen molar-refractivity contribution in [2.24, 2.45) is 0 Å². The number of nitrogens with zero attached hydrogens (tertiary/aromatic N) is 1. The molecule has 0 radical (unpaired) electrons. The number of carbonyl (C=O) groups is 1. The lowest BCUT2D eigenvalue weighted by Crippen LogP contribution is -2.09. The van der Waals surface area contributed by atoms with Crippen LogP contribution in [0.1, 0.15) is 31.0 Å². The maximum Gasteiger partial charge on any atom is 0.310 e. The van der Waals surface area contributed by atoms with E-state index in [4.69, 9.17) is 16.7 Å². The molecule has 0 aliphatic rings. The van der Waals surface area contributed by atoms with Gasteiger partial charge in [0.1, 0.15) is 0 Å². The highest BCUT2D eigenvalue weighted by Crippen LogP contribution is 2.26. The van der Waals surface area contributed by atoms with Gasteiger partial charge in [-0.15, -0.1) is 0 Å². The second-order valence-corrected chi connectivity index (χ2v) is 3.18. The number of H-pyrrole nitrogens is 1. The van der Waals surface area contributed by atoms with Crippen molar-refractivity contribution in [1.82, 2.24) is 10.2 Å². The largest absolute Gasteiger partial charge is 0.481 e. The van der Waals surface area contributed by atoms with Crippen molar-refractivity contribution in [2.45, 2.75) is 26.2 Å². The fourth-order valence-corrected chi connectivity index (χ4v) is 1.51. The normalized spacial score (nSPS) is 12.8. The number of halogens is 1. The second-order valence-electron chi connectivity index (χ2n) is 2.82. The highest BCUT2D eigenvalue weighted by Gasteiger charge is 2.22. The zero-order valence-corrected chi connectivity index (χ0v) is 8.22. The van der Waals surface area contributed by atoms with Crippen LogP contribution in [0.25, 0.3) is 0 Å². The second kappa shape index (κ2) is 3.79. The van der Waals surface area contributed by atoms with Crippen LogP contribution in [0.2, 0.25) is 5.15 Å². The van der Waals surface area contributed by atoms with E-state index in [1.807, 2.05) is 6.92 Å². The number of carboxylic acids is 1. The van der Waals surface area contributed by atoms with Gasteiger partial charge < -0.3 is 5.11 Å². The first-order valence-electron chi connectivity index (χ1n) is 4.03. The monoisotopic (exact) mass is 202 g/mol. The summed E-state index contributed by atoms with van der Waals surface area (Å²) in [4.78, 5) is 10.7. The number of hydrogen-bond donors (Lipinski definition) is 2. The molecule has 0 amide bonds. The van der Waals surface area contributed by atoms with E-state index in [1.54, 1.807) is 6.92 Å². The van der Waals surface area contributed by atoms with E-state index in [-0.39, 0.29) is 5.15 Å². The standard InChI is InChI=1S/C8H11ClN2O2/c1-3-5-6(4(2)8(12)13)7(9)11-10-5/h4H,3H2,1-2H3,(H,10,11)(H,12,13). The van der Waals surface area contributed by atoms with Crippen LogP contribution in [0.5, 0.6) is 0 Å². The number of nitrogens with one attached hydrogen (secondary N) is 1. The smallest absolute Gasteiger partial charge is 0.310 e. The van der Waals surface area contributed by atoms with Gasteiger partial charge in [0, 0.05) is 11.3 Å². The lowest BCUT2D eigenvalue weighted by atomic mass is 10.0. The first kappa shape index (κ1) is 10.1. The molecule has 2 N–H and O–H groups in total. The Morgan fingerprint density at radius 2 is 2.38 bits per heavy atom. The molecule has 0 fully saturated rings. The fourth-order valence-electron chi connectivity index (χ4n) is 1.19. The Morgan fingerprint density at radius 1 is 1.77 bits per heavy atom. The van der Waals surface area contributed by atoms with Crippen molar-refractivity contribution < 1.29 is 9.90 Å². The van der Waals surface area contributed by atoms with Gasteiger partial charge in [-0.25, -0.2) is 0 Å². The zero-order chi connectivity index (χ0) is 10.0. The maximum absolute atomic E-state index is 10.7. The summed E-state index contributed by atoms with van der Waals surface area (Å²) in [5.74, 6) is -1.50. The van der Waals surface area contributed by atoms with Crippen molar-refractivity contribution >= 4 is 17.6 Å². The van der Waals surface area contributed by atoms with Crippen molar-refractivity contribution in [3.8, 4) is 0 Å². The first-order valence-corrected chi connectivity index (χ1v) is 4.41. The molecule has 1 aromatic rings. The van der Waals surface area contributed by atoms with Crippen molar-refractivity contribution in [1.29, 1.82) is 0 Å². The van der Waals surface area contributed by atoms with E-state index in [9.17, 15) is 4.79 Å². The Kier molecular flexibility index (Phi) is 2.93. The van der Waals surface area contributed by atoms with Crippen LogP contribution < -0.4 is 0 Å². The summed E-state index contributed by atoms with van der Waals surface area (Å²) in [5, 5.41) is 15.5. The van der Waals surface area contributed by atoms with E-state index in [1.165, 1.54) is 0 Å². The minimum atomic E-state index is -0.891. The minimum Gasteiger partial charge on any atom is -0.481 e. The van der Waals surface area contributed by atoms with Gasteiger partial charge in [0.2, 0.25) is 0 Å². The van der Waals surface area contributed by atoms with Gasteiger partial charge in [0.15, 0.2) is 5.15 Å². The molecule has 0 spiro atoms. The van der Waals surface area contributed by atoms with Crippen LogP contribution >= 0.6 is 11.6 Å². The van der Waals surface area contributed by atoms with Gasteiger partial charge >= 0.3 is 5.97 Å². The summed E-state index contributed by atoms with van der Waals surface area (Å²) in [7, 11) is 0. The van der Waals surface area contributed by atoms with Gasteiger partial charge in [-0.1, -0.05) is 18.5 Å². The molecule has 4 nitrogen and oxygen atoms in total. The highest BCUT2D eigenvalue weighted by molar-refractivity contribution is 6.30. The number of rotatable bonds is 3. The molecule has 1 heterocycles. The van der Waals surface area contributed by atoms with Crippen LogP contribution in [-0.2, 0) is 11.2 Å². The van der Waals surface area contributed by atoms with E-state index >= 15 is 0 Å². The van der Waals surface area contributed by atoms with Crippen LogP contribution in [0.15, 0.2) is 0 Å². The van der Waals surface area contributed by atoms with Crippen LogP contribution in [0, 0.1) is 0 Å². The third kappa shape index (κ3) is 1.83. The molecule has 0 aliphatic carbocycles. The number of aromatic amines is 1. The van der Waals surface area contributed by atoms with Gasteiger partial charge in [-0.2, -0.15) is 5.10 Å². The average Bonchev–Trinajstić information content (AvgIpc) is 2.45. The SMILES string of the molecule is CCc1[nH]nc(Cl)c1C(C)C(=O)O. The third-order valence-corrected chi connectivity index (χ3v) is 2.28. The Morgan fingerprint density at radius 3 is 2.85 bits per heavy atom. The Labute approximate surface area is 80.9 Å². The van der Waals surface area contributed by atoms with Gasteiger partial charge in [0.05, 0.1) is 5.92 Å². The van der Waals surface area contributed by atoms with Crippen LogP contribution in [0.3, 0.4) is 0 Å². The van der Waals surface area contributed by atoms with Gasteiger partial charge in [-0.3, -0.25) is 9.89 Å². The molecule has 72 valence electrons.